The minimum Gasteiger partial charge on any atom is -0.481 e. The van der Waals surface area contributed by atoms with Gasteiger partial charge in [-0.05, 0) is 25.3 Å². The van der Waals surface area contributed by atoms with E-state index in [1.54, 1.807) is 13.8 Å². The van der Waals surface area contributed by atoms with E-state index < -0.39 is 17.8 Å². The Morgan fingerprint density at radius 3 is 2.48 bits per heavy atom. The second kappa shape index (κ2) is 6.29. The summed E-state index contributed by atoms with van der Waals surface area (Å²) in [6.07, 6.45) is 2.04. The standard InChI is InChI=1S/C17H23NO3/c1-11-5-4-6-14(9-11)10-18(15-7-8-15)16(19)12(2)13(3)17(20)21/h4-6,9,12-13,15H,7-8,10H2,1-3H3,(H,20,21). The highest BCUT2D eigenvalue weighted by Crippen LogP contribution is 2.31. The number of amides is 1. The highest BCUT2D eigenvalue weighted by Gasteiger charge is 2.37. The summed E-state index contributed by atoms with van der Waals surface area (Å²) in [4.78, 5) is 25.6. The number of hydrogen-bond acceptors (Lipinski definition) is 2. The van der Waals surface area contributed by atoms with Crippen molar-refractivity contribution in [3.8, 4) is 0 Å². The van der Waals surface area contributed by atoms with Crippen LogP contribution in [0.3, 0.4) is 0 Å². The normalized spacial score (nSPS) is 17.1. The molecule has 0 bridgehead atoms. The minimum atomic E-state index is -0.915. The molecule has 4 heteroatoms. The highest BCUT2D eigenvalue weighted by atomic mass is 16.4. The van der Waals surface area contributed by atoms with Gasteiger partial charge in [0.25, 0.3) is 0 Å². The fourth-order valence-corrected chi connectivity index (χ4v) is 2.47. The Hall–Kier alpha value is -1.84. The molecule has 1 N–H and O–H groups in total. The largest absolute Gasteiger partial charge is 0.481 e. The number of benzene rings is 1. The molecule has 1 aliphatic rings. The zero-order chi connectivity index (χ0) is 15.6. The van der Waals surface area contributed by atoms with Gasteiger partial charge in [0.2, 0.25) is 5.91 Å². The number of aliphatic carboxylic acids is 1. The Kier molecular flexibility index (Phi) is 4.66. The van der Waals surface area contributed by atoms with E-state index in [0.29, 0.717) is 6.54 Å². The molecule has 1 aliphatic carbocycles. The lowest BCUT2D eigenvalue weighted by Gasteiger charge is -2.27. The van der Waals surface area contributed by atoms with Crippen molar-refractivity contribution < 1.29 is 14.7 Å². The molecule has 1 saturated carbocycles. The number of nitrogens with zero attached hydrogens (tertiary/aromatic N) is 1. The van der Waals surface area contributed by atoms with Gasteiger partial charge in [0.15, 0.2) is 0 Å². The van der Waals surface area contributed by atoms with Crippen LogP contribution < -0.4 is 0 Å². The molecule has 0 aromatic heterocycles. The summed E-state index contributed by atoms with van der Waals surface area (Å²) in [6, 6.07) is 8.39. The van der Waals surface area contributed by atoms with Crippen molar-refractivity contribution in [2.24, 2.45) is 11.8 Å². The van der Waals surface area contributed by atoms with Gasteiger partial charge in [-0.1, -0.05) is 43.7 Å². The van der Waals surface area contributed by atoms with E-state index in [1.165, 1.54) is 5.56 Å². The van der Waals surface area contributed by atoms with Crippen LogP contribution in [-0.4, -0.2) is 27.9 Å². The average Bonchev–Trinajstić information content (AvgIpc) is 3.27. The van der Waals surface area contributed by atoms with Gasteiger partial charge in [0.1, 0.15) is 0 Å². The maximum atomic E-state index is 12.6. The number of carbonyl (C=O) groups excluding carboxylic acids is 1. The summed E-state index contributed by atoms with van der Waals surface area (Å²) >= 11 is 0. The molecule has 1 amide bonds. The Labute approximate surface area is 125 Å². The van der Waals surface area contributed by atoms with E-state index >= 15 is 0 Å². The fraction of sp³-hybridized carbons (Fsp3) is 0.529. The SMILES string of the molecule is Cc1cccc(CN(C(=O)C(C)C(C)C(=O)O)C2CC2)c1. The predicted octanol–water partition coefficient (Wildman–Crippen LogP) is 2.84. The molecular formula is C17H23NO3. The summed E-state index contributed by atoms with van der Waals surface area (Å²) in [5.74, 6) is -2.11. The van der Waals surface area contributed by atoms with Crippen LogP contribution in [0, 0.1) is 18.8 Å². The summed E-state index contributed by atoms with van der Waals surface area (Å²) in [5.41, 5.74) is 2.27. The van der Waals surface area contributed by atoms with Crippen LogP contribution >= 0.6 is 0 Å². The Balaban J connectivity index is 2.12. The van der Waals surface area contributed by atoms with E-state index in [2.05, 4.69) is 6.07 Å². The van der Waals surface area contributed by atoms with Crippen molar-refractivity contribution in [3.05, 3.63) is 35.4 Å². The molecule has 2 atom stereocenters. The number of carboxylic acids is 1. The second-order valence-electron chi connectivity index (χ2n) is 6.10. The topological polar surface area (TPSA) is 57.6 Å². The Morgan fingerprint density at radius 1 is 1.29 bits per heavy atom. The minimum absolute atomic E-state index is 0.0473. The maximum Gasteiger partial charge on any atom is 0.307 e. The summed E-state index contributed by atoms with van der Waals surface area (Å²) < 4.78 is 0. The number of aryl methyl sites for hydroxylation is 1. The average molecular weight is 289 g/mol. The van der Waals surface area contributed by atoms with Gasteiger partial charge in [-0.25, -0.2) is 0 Å². The molecule has 1 aromatic carbocycles. The van der Waals surface area contributed by atoms with E-state index in [-0.39, 0.29) is 11.9 Å². The van der Waals surface area contributed by atoms with Crippen molar-refractivity contribution >= 4 is 11.9 Å². The molecule has 0 aliphatic heterocycles. The molecule has 1 fully saturated rings. The zero-order valence-electron chi connectivity index (χ0n) is 12.9. The van der Waals surface area contributed by atoms with Gasteiger partial charge in [-0.3, -0.25) is 9.59 Å². The summed E-state index contributed by atoms with van der Waals surface area (Å²) in [7, 11) is 0. The molecule has 1 aromatic rings. The van der Waals surface area contributed by atoms with Crippen LogP contribution in [0.4, 0.5) is 0 Å². The van der Waals surface area contributed by atoms with Crippen molar-refractivity contribution in [1.82, 2.24) is 4.90 Å². The zero-order valence-corrected chi connectivity index (χ0v) is 12.9. The fourth-order valence-electron chi connectivity index (χ4n) is 2.47. The smallest absolute Gasteiger partial charge is 0.307 e. The van der Waals surface area contributed by atoms with Gasteiger partial charge < -0.3 is 10.0 Å². The quantitative estimate of drug-likeness (QED) is 0.876. The number of rotatable bonds is 6. The predicted molar refractivity (Wildman–Crippen MR) is 80.7 cm³/mol. The van der Waals surface area contributed by atoms with Crippen LogP contribution in [0.2, 0.25) is 0 Å². The first-order valence-electron chi connectivity index (χ1n) is 7.49. The molecule has 2 unspecified atom stereocenters. The molecule has 0 saturated heterocycles. The van der Waals surface area contributed by atoms with Crippen molar-refractivity contribution in [3.63, 3.8) is 0 Å². The van der Waals surface area contributed by atoms with Gasteiger partial charge in [0.05, 0.1) is 5.92 Å². The first kappa shape index (κ1) is 15.5. The number of hydrogen-bond donors (Lipinski definition) is 1. The van der Waals surface area contributed by atoms with Crippen LogP contribution in [0.1, 0.15) is 37.8 Å². The van der Waals surface area contributed by atoms with E-state index in [1.807, 2.05) is 30.0 Å². The van der Waals surface area contributed by atoms with Crippen LogP contribution in [0.5, 0.6) is 0 Å². The summed E-state index contributed by atoms with van der Waals surface area (Å²) in [6.45, 7) is 5.92. The lowest BCUT2D eigenvalue weighted by Crippen LogP contribution is -2.40. The van der Waals surface area contributed by atoms with Crippen molar-refractivity contribution in [1.29, 1.82) is 0 Å². The van der Waals surface area contributed by atoms with E-state index in [9.17, 15) is 9.59 Å². The molecule has 114 valence electrons. The molecule has 0 radical (unpaired) electrons. The molecule has 0 heterocycles. The number of carboxylic acid groups (broad SMARTS) is 1. The first-order chi connectivity index (χ1) is 9.90. The molecule has 21 heavy (non-hydrogen) atoms. The van der Waals surface area contributed by atoms with Crippen molar-refractivity contribution in [2.45, 2.75) is 46.2 Å². The van der Waals surface area contributed by atoms with Gasteiger partial charge in [-0.2, -0.15) is 0 Å². The van der Waals surface area contributed by atoms with E-state index in [4.69, 9.17) is 5.11 Å². The highest BCUT2D eigenvalue weighted by molar-refractivity contribution is 5.84. The summed E-state index contributed by atoms with van der Waals surface area (Å²) in [5, 5.41) is 9.09. The Bertz CT molecular complexity index is 537. The van der Waals surface area contributed by atoms with Crippen LogP contribution in [0.25, 0.3) is 0 Å². The molecule has 0 spiro atoms. The third-order valence-corrected chi connectivity index (χ3v) is 4.24. The van der Waals surface area contributed by atoms with Crippen molar-refractivity contribution in [2.75, 3.05) is 0 Å². The third-order valence-electron chi connectivity index (χ3n) is 4.24. The molecular weight excluding hydrogens is 266 g/mol. The third kappa shape index (κ3) is 3.84. The van der Waals surface area contributed by atoms with Gasteiger partial charge in [0, 0.05) is 18.5 Å². The number of carbonyl (C=O) groups is 2. The van der Waals surface area contributed by atoms with Crippen LogP contribution in [0.15, 0.2) is 24.3 Å². The second-order valence-corrected chi connectivity index (χ2v) is 6.10. The van der Waals surface area contributed by atoms with E-state index in [0.717, 1.165) is 18.4 Å². The van der Waals surface area contributed by atoms with Crippen LogP contribution in [-0.2, 0) is 16.1 Å². The lowest BCUT2D eigenvalue weighted by molar-refractivity contribution is -0.149. The maximum absolute atomic E-state index is 12.6. The lowest BCUT2D eigenvalue weighted by atomic mass is 9.94. The van der Waals surface area contributed by atoms with Gasteiger partial charge >= 0.3 is 5.97 Å². The van der Waals surface area contributed by atoms with Gasteiger partial charge in [-0.15, -0.1) is 0 Å². The molecule has 4 nitrogen and oxygen atoms in total. The molecule has 2 rings (SSSR count). The monoisotopic (exact) mass is 289 g/mol. The Morgan fingerprint density at radius 2 is 1.95 bits per heavy atom. The first-order valence-corrected chi connectivity index (χ1v) is 7.49.